The highest BCUT2D eigenvalue weighted by molar-refractivity contribution is 7.09. The molecule has 0 spiro atoms. The van der Waals surface area contributed by atoms with Crippen LogP contribution in [0.25, 0.3) is 0 Å². The van der Waals surface area contributed by atoms with E-state index in [1.807, 2.05) is 6.20 Å². The van der Waals surface area contributed by atoms with Crippen LogP contribution in [0, 0.1) is 0 Å². The van der Waals surface area contributed by atoms with Crippen molar-refractivity contribution in [1.82, 2.24) is 4.57 Å². The number of hydrogen-bond acceptors (Lipinski definition) is 2. The number of Topliss-reactive ketones (excluding diaryl/α,β-unsaturated/α-hetero) is 1. The molecule has 2 aromatic heterocycles. The molecule has 0 unspecified atom stereocenters. The molecule has 2 aromatic rings. The molecule has 0 N–H and O–H groups in total. The molecule has 88 valence electrons. The molecule has 17 heavy (non-hydrogen) atoms. The number of fused-ring (bicyclic) bond motifs is 1. The molecule has 1 aliphatic rings. The summed E-state index contributed by atoms with van der Waals surface area (Å²) in [7, 11) is 0. The fraction of sp³-hybridized carbons (Fsp3) is 0.357. The molecule has 1 aliphatic carbocycles. The molecule has 0 atom stereocenters. The van der Waals surface area contributed by atoms with E-state index in [2.05, 4.69) is 28.3 Å². The van der Waals surface area contributed by atoms with E-state index in [4.69, 9.17) is 0 Å². The van der Waals surface area contributed by atoms with Gasteiger partial charge in [-0.1, -0.05) is 6.07 Å². The Balaban J connectivity index is 1.88. The largest absolute Gasteiger partial charge is 0.348 e. The number of hydrogen-bond donors (Lipinski definition) is 0. The van der Waals surface area contributed by atoms with Gasteiger partial charge in [0.15, 0.2) is 5.78 Å². The minimum Gasteiger partial charge on any atom is -0.348 e. The number of aromatic nitrogens is 1. The Morgan fingerprint density at radius 1 is 1.24 bits per heavy atom. The first-order chi connectivity index (χ1) is 8.33. The minimum absolute atomic E-state index is 0.322. The maximum Gasteiger partial charge on any atom is 0.164 e. The summed E-state index contributed by atoms with van der Waals surface area (Å²) in [5.41, 5.74) is 2.20. The lowest BCUT2D eigenvalue weighted by Gasteiger charge is -1.99. The number of thiophene rings is 1. The van der Waals surface area contributed by atoms with E-state index < -0.39 is 0 Å². The average molecular weight is 245 g/mol. The molecule has 2 heterocycles. The quantitative estimate of drug-likeness (QED) is 0.742. The van der Waals surface area contributed by atoms with Crippen molar-refractivity contribution in [1.29, 1.82) is 0 Å². The lowest BCUT2D eigenvalue weighted by Crippen LogP contribution is -1.97. The molecule has 2 nitrogen and oxygen atoms in total. The van der Waals surface area contributed by atoms with Crippen molar-refractivity contribution < 1.29 is 4.79 Å². The highest BCUT2D eigenvalue weighted by Gasteiger charge is 2.17. The van der Waals surface area contributed by atoms with Crippen LogP contribution in [0.15, 0.2) is 29.9 Å². The highest BCUT2D eigenvalue weighted by Crippen LogP contribution is 2.22. The van der Waals surface area contributed by atoms with Gasteiger partial charge in [-0.15, -0.1) is 11.3 Å². The van der Waals surface area contributed by atoms with Crippen LogP contribution in [0.2, 0.25) is 0 Å². The Kier molecular flexibility index (Phi) is 2.85. The summed E-state index contributed by atoms with van der Waals surface area (Å²) >= 11 is 1.76. The third-order valence-electron chi connectivity index (χ3n) is 3.28. The van der Waals surface area contributed by atoms with Crippen molar-refractivity contribution in [2.45, 2.75) is 32.2 Å². The van der Waals surface area contributed by atoms with Gasteiger partial charge in [-0.05, 0) is 36.3 Å². The summed E-state index contributed by atoms with van der Waals surface area (Å²) in [6.07, 6.45) is 8.13. The summed E-state index contributed by atoms with van der Waals surface area (Å²) in [5.74, 6) is 0.322. The number of ketones is 1. The molecule has 0 fully saturated rings. The molecule has 0 bridgehead atoms. The van der Waals surface area contributed by atoms with Crippen molar-refractivity contribution in [2.75, 3.05) is 0 Å². The van der Waals surface area contributed by atoms with Gasteiger partial charge < -0.3 is 4.57 Å². The Labute approximate surface area is 105 Å². The maximum absolute atomic E-state index is 11.9. The predicted molar refractivity (Wildman–Crippen MR) is 69.7 cm³/mol. The zero-order valence-corrected chi connectivity index (χ0v) is 10.5. The number of nitrogens with zero attached hydrogens (tertiary/aromatic N) is 1. The minimum atomic E-state index is 0.322. The van der Waals surface area contributed by atoms with Gasteiger partial charge in [-0.3, -0.25) is 4.79 Å². The van der Waals surface area contributed by atoms with Gasteiger partial charge >= 0.3 is 0 Å². The molecule has 0 aromatic carbocycles. The first-order valence-electron chi connectivity index (χ1n) is 6.07. The van der Waals surface area contributed by atoms with Crippen molar-refractivity contribution >= 4 is 17.1 Å². The second-order valence-electron chi connectivity index (χ2n) is 4.58. The molecule has 0 saturated heterocycles. The molecule has 3 heteroatoms. The number of carbonyl (C=O) groups is 1. The van der Waals surface area contributed by atoms with Crippen LogP contribution in [0.4, 0.5) is 0 Å². The first-order valence-corrected chi connectivity index (χ1v) is 6.95. The fourth-order valence-electron chi connectivity index (χ4n) is 2.42. The summed E-state index contributed by atoms with van der Waals surface area (Å²) < 4.78 is 2.15. The standard InChI is InChI=1S/C14H15NOS/c16-14-6-2-1-4-11-8-15(10-13(11)14)9-12-5-3-7-17-12/h3,5,7-8,10H,1-2,4,6,9H2. The van der Waals surface area contributed by atoms with Crippen LogP contribution in [0.3, 0.4) is 0 Å². The van der Waals surface area contributed by atoms with Gasteiger partial charge in [0.25, 0.3) is 0 Å². The molecular formula is C14H15NOS. The molecule has 3 rings (SSSR count). The van der Waals surface area contributed by atoms with Crippen LogP contribution in [-0.4, -0.2) is 10.4 Å². The van der Waals surface area contributed by atoms with E-state index >= 15 is 0 Å². The summed E-state index contributed by atoms with van der Waals surface area (Å²) in [4.78, 5) is 13.2. The monoisotopic (exact) mass is 245 g/mol. The van der Waals surface area contributed by atoms with Gasteiger partial charge in [-0.25, -0.2) is 0 Å². The fourth-order valence-corrected chi connectivity index (χ4v) is 3.13. The second-order valence-corrected chi connectivity index (χ2v) is 5.61. The SMILES string of the molecule is O=C1CCCCc2cn(Cc3cccs3)cc21. The smallest absolute Gasteiger partial charge is 0.164 e. The van der Waals surface area contributed by atoms with Crippen molar-refractivity contribution in [3.63, 3.8) is 0 Å². The van der Waals surface area contributed by atoms with E-state index in [-0.39, 0.29) is 0 Å². The zero-order valence-electron chi connectivity index (χ0n) is 9.69. The second kappa shape index (κ2) is 4.49. The lowest BCUT2D eigenvalue weighted by molar-refractivity contribution is 0.0982. The lowest BCUT2D eigenvalue weighted by atomic mass is 10.1. The average Bonchev–Trinajstić information content (AvgIpc) is 2.92. The number of carbonyl (C=O) groups excluding carboxylic acids is 1. The van der Waals surface area contributed by atoms with Gasteiger partial charge in [0.2, 0.25) is 0 Å². The summed E-state index contributed by atoms with van der Waals surface area (Å²) in [6, 6.07) is 4.21. The number of rotatable bonds is 2. The third kappa shape index (κ3) is 2.20. The molecule has 0 saturated carbocycles. The van der Waals surface area contributed by atoms with Crippen LogP contribution in [0.5, 0.6) is 0 Å². The summed E-state index contributed by atoms with van der Waals surface area (Å²) in [5, 5.41) is 2.09. The van der Waals surface area contributed by atoms with E-state index in [0.717, 1.165) is 37.8 Å². The van der Waals surface area contributed by atoms with Crippen molar-refractivity contribution in [2.24, 2.45) is 0 Å². The molecule has 0 radical (unpaired) electrons. The highest BCUT2D eigenvalue weighted by atomic mass is 32.1. The Morgan fingerprint density at radius 3 is 2.94 bits per heavy atom. The molecule has 0 amide bonds. The van der Waals surface area contributed by atoms with Crippen LogP contribution in [0.1, 0.15) is 40.1 Å². The zero-order chi connectivity index (χ0) is 11.7. The Bertz CT molecular complexity index is 524. The van der Waals surface area contributed by atoms with Gasteiger partial charge in [0, 0.05) is 29.3 Å². The van der Waals surface area contributed by atoms with Gasteiger partial charge in [-0.2, -0.15) is 0 Å². The Hall–Kier alpha value is -1.35. The van der Waals surface area contributed by atoms with E-state index in [9.17, 15) is 4.79 Å². The Morgan fingerprint density at radius 2 is 2.12 bits per heavy atom. The van der Waals surface area contributed by atoms with E-state index in [1.54, 1.807) is 11.3 Å². The summed E-state index contributed by atoms with van der Waals surface area (Å²) in [6.45, 7) is 0.887. The molecular weight excluding hydrogens is 230 g/mol. The van der Waals surface area contributed by atoms with Crippen molar-refractivity contribution in [3.05, 3.63) is 45.9 Å². The topological polar surface area (TPSA) is 22.0 Å². The van der Waals surface area contributed by atoms with Crippen LogP contribution >= 0.6 is 11.3 Å². The van der Waals surface area contributed by atoms with Crippen molar-refractivity contribution in [3.8, 4) is 0 Å². The third-order valence-corrected chi connectivity index (χ3v) is 4.14. The van der Waals surface area contributed by atoms with Gasteiger partial charge in [0.05, 0.1) is 6.54 Å². The predicted octanol–water partition coefficient (Wildman–Crippen LogP) is 3.51. The van der Waals surface area contributed by atoms with Gasteiger partial charge in [0.1, 0.15) is 0 Å². The van der Waals surface area contributed by atoms with E-state index in [1.165, 1.54) is 10.4 Å². The first kappa shape index (κ1) is 10.8. The maximum atomic E-state index is 11.9. The molecule has 0 aliphatic heterocycles. The van der Waals surface area contributed by atoms with E-state index in [0.29, 0.717) is 5.78 Å². The van der Waals surface area contributed by atoms with Crippen LogP contribution < -0.4 is 0 Å². The normalized spacial score (nSPS) is 15.6. The number of aryl methyl sites for hydroxylation is 1. The van der Waals surface area contributed by atoms with Crippen LogP contribution in [-0.2, 0) is 13.0 Å².